The molecule has 0 aliphatic heterocycles. The Kier molecular flexibility index (Phi) is 5.46. The number of nitrogens with one attached hydrogen (secondary N) is 2. The van der Waals surface area contributed by atoms with E-state index in [2.05, 4.69) is 15.6 Å². The predicted octanol–water partition coefficient (Wildman–Crippen LogP) is 2.00. The molecular weight excluding hydrogens is 284 g/mol. The fraction of sp³-hybridized carbons (Fsp3) is 0.400. The van der Waals surface area contributed by atoms with Crippen molar-refractivity contribution in [2.24, 2.45) is 0 Å². The third-order valence-corrected chi connectivity index (χ3v) is 2.56. The van der Waals surface area contributed by atoms with E-state index < -0.39 is 9.96 Å². The lowest BCUT2D eigenvalue weighted by Crippen LogP contribution is -2.52. The van der Waals surface area contributed by atoms with Gasteiger partial charge in [-0.15, -0.1) is 0 Å². The molecule has 1 rings (SSSR count). The number of amides is 1. The van der Waals surface area contributed by atoms with Crippen LogP contribution in [0.15, 0.2) is 24.5 Å². The Bertz CT molecular complexity index is 367. The van der Waals surface area contributed by atoms with Gasteiger partial charge in [-0.25, -0.2) is 0 Å². The molecule has 0 spiro atoms. The van der Waals surface area contributed by atoms with Gasteiger partial charge < -0.3 is 5.32 Å². The molecule has 0 bridgehead atoms. The SMILES string of the molecule is CC(=O)N[C@@H](NCc1cccnc1)C(Cl)(Cl)Cl. The Labute approximate surface area is 115 Å². The van der Waals surface area contributed by atoms with E-state index in [0.717, 1.165) is 5.56 Å². The molecule has 1 heterocycles. The van der Waals surface area contributed by atoms with Gasteiger partial charge >= 0.3 is 0 Å². The standard InChI is InChI=1S/C10H12Cl3N3O/c1-7(17)16-9(10(11,12)13)15-6-8-3-2-4-14-5-8/h2-5,9,15H,6H2,1H3,(H,16,17)/t9-/m1/s1. The number of halogens is 3. The summed E-state index contributed by atoms with van der Waals surface area (Å²) in [5, 5.41) is 5.46. The number of rotatable bonds is 4. The summed E-state index contributed by atoms with van der Waals surface area (Å²) in [6.07, 6.45) is 2.60. The summed E-state index contributed by atoms with van der Waals surface area (Å²) in [7, 11) is 0. The van der Waals surface area contributed by atoms with Crippen molar-refractivity contribution in [3.05, 3.63) is 30.1 Å². The summed E-state index contributed by atoms with van der Waals surface area (Å²) in [6.45, 7) is 1.79. The number of pyridine rings is 1. The summed E-state index contributed by atoms with van der Waals surface area (Å²) >= 11 is 17.2. The van der Waals surface area contributed by atoms with E-state index in [0.29, 0.717) is 6.54 Å². The monoisotopic (exact) mass is 295 g/mol. The van der Waals surface area contributed by atoms with Gasteiger partial charge in [0.25, 0.3) is 0 Å². The molecule has 1 aromatic rings. The van der Waals surface area contributed by atoms with Crippen LogP contribution in [0.1, 0.15) is 12.5 Å². The number of nitrogens with zero attached hydrogens (tertiary/aromatic N) is 1. The number of carbonyl (C=O) groups excluding carboxylic acids is 1. The smallest absolute Gasteiger partial charge is 0.223 e. The molecule has 0 unspecified atom stereocenters. The van der Waals surface area contributed by atoms with Crippen LogP contribution in [0.5, 0.6) is 0 Å². The van der Waals surface area contributed by atoms with E-state index >= 15 is 0 Å². The van der Waals surface area contributed by atoms with Crippen molar-refractivity contribution in [3.8, 4) is 0 Å². The molecule has 4 nitrogen and oxygen atoms in total. The Balaban J connectivity index is 2.59. The maximum Gasteiger partial charge on any atom is 0.223 e. The second-order valence-corrected chi connectivity index (χ2v) is 5.79. The zero-order chi connectivity index (χ0) is 12.9. The summed E-state index contributed by atoms with van der Waals surface area (Å²) in [6, 6.07) is 3.68. The lowest BCUT2D eigenvalue weighted by atomic mass is 10.3. The summed E-state index contributed by atoms with van der Waals surface area (Å²) < 4.78 is -1.62. The van der Waals surface area contributed by atoms with Crippen LogP contribution in [0.3, 0.4) is 0 Å². The van der Waals surface area contributed by atoms with Gasteiger partial charge in [-0.1, -0.05) is 40.9 Å². The molecule has 0 saturated heterocycles. The number of carbonyl (C=O) groups is 1. The second-order valence-electron chi connectivity index (χ2n) is 3.42. The van der Waals surface area contributed by atoms with Gasteiger partial charge in [0.2, 0.25) is 9.70 Å². The molecule has 2 N–H and O–H groups in total. The molecule has 0 saturated carbocycles. The minimum atomic E-state index is -1.62. The van der Waals surface area contributed by atoms with Crippen LogP contribution < -0.4 is 10.6 Å². The molecule has 7 heteroatoms. The van der Waals surface area contributed by atoms with Crippen LogP contribution in [-0.4, -0.2) is 20.8 Å². The fourth-order valence-corrected chi connectivity index (χ4v) is 1.57. The van der Waals surface area contributed by atoms with E-state index in [1.165, 1.54) is 6.92 Å². The molecule has 1 amide bonds. The summed E-state index contributed by atoms with van der Waals surface area (Å²) in [5.74, 6) is -0.278. The van der Waals surface area contributed by atoms with Gasteiger partial charge in [0.1, 0.15) is 6.17 Å². The first-order valence-electron chi connectivity index (χ1n) is 4.85. The lowest BCUT2D eigenvalue weighted by Gasteiger charge is -2.26. The van der Waals surface area contributed by atoms with Crippen molar-refractivity contribution in [2.45, 2.75) is 23.4 Å². The normalized spacial score (nSPS) is 13.2. The molecule has 0 fully saturated rings. The largest absolute Gasteiger partial charge is 0.337 e. The second kappa shape index (κ2) is 6.40. The van der Waals surface area contributed by atoms with Crippen LogP contribution in [0.25, 0.3) is 0 Å². The molecule has 0 aliphatic rings. The van der Waals surface area contributed by atoms with Crippen LogP contribution in [0, 0.1) is 0 Å². The van der Waals surface area contributed by atoms with Crippen molar-refractivity contribution < 1.29 is 4.79 Å². The van der Waals surface area contributed by atoms with Crippen molar-refractivity contribution in [1.82, 2.24) is 15.6 Å². The van der Waals surface area contributed by atoms with Gasteiger partial charge in [-0.2, -0.15) is 0 Å². The highest BCUT2D eigenvalue weighted by atomic mass is 35.6. The Hall–Kier alpha value is -0.550. The zero-order valence-electron chi connectivity index (χ0n) is 9.08. The maximum atomic E-state index is 11.0. The first-order valence-corrected chi connectivity index (χ1v) is 5.99. The molecule has 0 aromatic carbocycles. The van der Waals surface area contributed by atoms with Crippen molar-refractivity contribution in [1.29, 1.82) is 0 Å². The Morgan fingerprint density at radius 2 is 2.24 bits per heavy atom. The Morgan fingerprint density at radius 1 is 1.53 bits per heavy atom. The highest BCUT2D eigenvalue weighted by molar-refractivity contribution is 6.68. The quantitative estimate of drug-likeness (QED) is 0.660. The third kappa shape index (κ3) is 5.55. The minimum Gasteiger partial charge on any atom is -0.337 e. The molecule has 1 atom stereocenters. The van der Waals surface area contributed by atoms with E-state index in [-0.39, 0.29) is 5.91 Å². The number of alkyl halides is 3. The average Bonchev–Trinajstić information content (AvgIpc) is 2.23. The first-order chi connectivity index (χ1) is 7.89. The zero-order valence-corrected chi connectivity index (χ0v) is 11.4. The van der Waals surface area contributed by atoms with Gasteiger partial charge in [0.15, 0.2) is 0 Å². The number of hydrogen-bond donors (Lipinski definition) is 2. The number of aromatic nitrogens is 1. The number of hydrogen-bond acceptors (Lipinski definition) is 3. The van der Waals surface area contributed by atoms with Gasteiger partial charge in [0, 0.05) is 25.9 Å². The third-order valence-electron chi connectivity index (χ3n) is 1.91. The minimum absolute atomic E-state index is 0.278. The average molecular weight is 297 g/mol. The van der Waals surface area contributed by atoms with Gasteiger partial charge in [0.05, 0.1) is 0 Å². The first kappa shape index (κ1) is 14.5. The Morgan fingerprint density at radius 3 is 2.71 bits per heavy atom. The van der Waals surface area contributed by atoms with Gasteiger partial charge in [-0.3, -0.25) is 15.1 Å². The van der Waals surface area contributed by atoms with Gasteiger partial charge in [-0.05, 0) is 11.6 Å². The van der Waals surface area contributed by atoms with E-state index in [9.17, 15) is 4.79 Å². The van der Waals surface area contributed by atoms with Crippen molar-refractivity contribution in [2.75, 3.05) is 0 Å². The maximum absolute atomic E-state index is 11.0. The van der Waals surface area contributed by atoms with Crippen molar-refractivity contribution in [3.63, 3.8) is 0 Å². The highest BCUT2D eigenvalue weighted by Crippen LogP contribution is 2.29. The molecule has 1 aromatic heterocycles. The van der Waals surface area contributed by atoms with Crippen LogP contribution in [0.4, 0.5) is 0 Å². The molecule has 94 valence electrons. The lowest BCUT2D eigenvalue weighted by molar-refractivity contribution is -0.119. The highest BCUT2D eigenvalue weighted by Gasteiger charge is 2.32. The molecular formula is C10H12Cl3N3O. The van der Waals surface area contributed by atoms with E-state index in [4.69, 9.17) is 34.8 Å². The fourth-order valence-electron chi connectivity index (χ4n) is 1.17. The molecule has 17 heavy (non-hydrogen) atoms. The van der Waals surface area contributed by atoms with Crippen molar-refractivity contribution >= 4 is 40.7 Å². The van der Waals surface area contributed by atoms with Crippen LogP contribution in [-0.2, 0) is 11.3 Å². The molecule has 0 aliphatic carbocycles. The summed E-state index contributed by atoms with van der Waals surface area (Å²) in [5.41, 5.74) is 0.928. The summed E-state index contributed by atoms with van der Waals surface area (Å²) in [4.78, 5) is 14.9. The van der Waals surface area contributed by atoms with E-state index in [1.54, 1.807) is 18.5 Å². The van der Waals surface area contributed by atoms with Crippen LogP contribution in [0.2, 0.25) is 0 Å². The predicted molar refractivity (Wildman–Crippen MR) is 69.0 cm³/mol. The topological polar surface area (TPSA) is 54.0 Å². The van der Waals surface area contributed by atoms with Crippen LogP contribution >= 0.6 is 34.8 Å². The van der Waals surface area contributed by atoms with E-state index in [1.807, 2.05) is 6.07 Å². The molecule has 0 radical (unpaired) electrons.